The molecule has 7 atom stereocenters. The lowest BCUT2D eigenvalue weighted by molar-refractivity contribution is -0.148. The Morgan fingerprint density at radius 1 is 1.21 bits per heavy atom. The average Bonchev–Trinajstić information content (AvgIpc) is 2.92. The monoisotopic (exact) mass is 403 g/mol. The van der Waals surface area contributed by atoms with E-state index >= 15 is 0 Å². The molecule has 152 valence electrons. The van der Waals surface area contributed by atoms with E-state index in [2.05, 4.69) is 19.9 Å². The van der Waals surface area contributed by atoms with Crippen LogP contribution < -0.4 is 0 Å². The van der Waals surface area contributed by atoms with Gasteiger partial charge >= 0.3 is 5.97 Å². The van der Waals surface area contributed by atoms with Crippen molar-refractivity contribution in [3.05, 3.63) is 11.6 Å². The zero-order valence-electron chi connectivity index (χ0n) is 17.1. The van der Waals surface area contributed by atoms with Crippen LogP contribution in [0.3, 0.4) is 0 Å². The molecular formula is C23H30ClNO3. The SMILES string of the molecule is CC(=O)O[C@H](C#N)[C@@]1(Cl)CC[C@H]2[C@@H]3CCC4=CC(=O)CC[C@]4(C)[C@H]3CC[C@@]21C. The van der Waals surface area contributed by atoms with Gasteiger partial charge in [-0.1, -0.05) is 19.4 Å². The van der Waals surface area contributed by atoms with Crippen molar-refractivity contribution in [2.75, 3.05) is 0 Å². The summed E-state index contributed by atoms with van der Waals surface area (Å²) in [5.74, 6) is 1.41. The molecule has 0 bridgehead atoms. The van der Waals surface area contributed by atoms with Gasteiger partial charge in [-0.15, -0.1) is 11.6 Å². The Hall–Kier alpha value is -1.34. The zero-order chi connectivity index (χ0) is 20.3. The van der Waals surface area contributed by atoms with Crippen molar-refractivity contribution in [1.82, 2.24) is 0 Å². The minimum Gasteiger partial charge on any atom is -0.445 e. The quantitative estimate of drug-likeness (QED) is 0.483. The van der Waals surface area contributed by atoms with E-state index in [1.807, 2.05) is 6.08 Å². The van der Waals surface area contributed by atoms with Crippen LogP contribution in [0.2, 0.25) is 0 Å². The summed E-state index contributed by atoms with van der Waals surface area (Å²) in [4.78, 5) is 22.7. The Morgan fingerprint density at radius 2 is 1.93 bits per heavy atom. The maximum atomic E-state index is 12.0. The van der Waals surface area contributed by atoms with Gasteiger partial charge in [0.2, 0.25) is 6.10 Å². The van der Waals surface area contributed by atoms with Gasteiger partial charge in [-0.3, -0.25) is 9.59 Å². The molecule has 0 N–H and O–H groups in total. The third kappa shape index (κ3) is 2.61. The first kappa shape index (κ1) is 20.0. The number of hydrogen-bond acceptors (Lipinski definition) is 4. The number of allylic oxidation sites excluding steroid dienone is 1. The highest BCUT2D eigenvalue weighted by Gasteiger charge is 2.66. The second-order valence-corrected chi connectivity index (χ2v) is 10.6. The van der Waals surface area contributed by atoms with E-state index in [1.54, 1.807) is 0 Å². The number of nitrogens with zero attached hydrogens (tertiary/aromatic N) is 1. The second-order valence-electron chi connectivity index (χ2n) is 9.94. The number of fused-ring (bicyclic) bond motifs is 5. The Balaban J connectivity index is 1.66. The summed E-state index contributed by atoms with van der Waals surface area (Å²) in [6.07, 6.45) is 8.44. The number of hydrogen-bond donors (Lipinski definition) is 0. The summed E-state index contributed by atoms with van der Waals surface area (Å²) in [5.41, 5.74) is 1.27. The van der Waals surface area contributed by atoms with Gasteiger partial charge in [0.25, 0.3) is 0 Å². The lowest BCUT2D eigenvalue weighted by Gasteiger charge is -2.59. The summed E-state index contributed by atoms with van der Waals surface area (Å²) in [7, 11) is 0. The molecular weight excluding hydrogens is 374 g/mol. The number of carbonyl (C=O) groups excluding carboxylic acids is 2. The van der Waals surface area contributed by atoms with E-state index in [4.69, 9.17) is 16.3 Å². The van der Waals surface area contributed by atoms with Gasteiger partial charge < -0.3 is 4.74 Å². The molecule has 0 heterocycles. The van der Waals surface area contributed by atoms with E-state index in [-0.39, 0.29) is 16.6 Å². The lowest BCUT2D eigenvalue weighted by Crippen LogP contribution is -2.56. The smallest absolute Gasteiger partial charge is 0.304 e. The fraction of sp³-hybridized carbons (Fsp3) is 0.783. The number of ether oxygens (including phenoxy) is 1. The van der Waals surface area contributed by atoms with Gasteiger partial charge in [0.1, 0.15) is 10.9 Å². The maximum Gasteiger partial charge on any atom is 0.304 e. The van der Waals surface area contributed by atoms with E-state index in [1.165, 1.54) is 12.5 Å². The molecule has 4 aliphatic carbocycles. The molecule has 0 radical (unpaired) electrons. The van der Waals surface area contributed by atoms with Gasteiger partial charge in [-0.2, -0.15) is 5.26 Å². The minimum atomic E-state index is -0.903. The Kier molecular flexibility index (Phi) is 4.70. The van der Waals surface area contributed by atoms with E-state index in [0.29, 0.717) is 30.6 Å². The van der Waals surface area contributed by atoms with Crippen LogP contribution in [-0.2, 0) is 14.3 Å². The molecule has 0 aromatic rings. The predicted molar refractivity (Wildman–Crippen MR) is 106 cm³/mol. The molecule has 28 heavy (non-hydrogen) atoms. The minimum absolute atomic E-state index is 0.125. The lowest BCUT2D eigenvalue weighted by atomic mass is 9.46. The predicted octanol–water partition coefficient (Wildman–Crippen LogP) is 4.95. The fourth-order valence-corrected chi connectivity index (χ4v) is 7.83. The number of rotatable bonds is 2. The van der Waals surface area contributed by atoms with Gasteiger partial charge in [-0.25, -0.2) is 0 Å². The van der Waals surface area contributed by atoms with Crippen molar-refractivity contribution in [1.29, 1.82) is 5.26 Å². The summed E-state index contributed by atoms with van der Waals surface area (Å²) in [6.45, 7) is 5.93. The van der Waals surface area contributed by atoms with Crippen LogP contribution in [-0.4, -0.2) is 22.7 Å². The Morgan fingerprint density at radius 3 is 2.61 bits per heavy atom. The first-order chi connectivity index (χ1) is 13.2. The highest BCUT2D eigenvalue weighted by molar-refractivity contribution is 6.25. The Labute approximate surface area is 172 Å². The third-order valence-electron chi connectivity index (χ3n) is 8.94. The summed E-state index contributed by atoms with van der Waals surface area (Å²) >= 11 is 7.16. The molecule has 0 aliphatic heterocycles. The molecule has 0 saturated heterocycles. The molecule has 4 nitrogen and oxygen atoms in total. The zero-order valence-corrected chi connectivity index (χ0v) is 17.8. The number of nitriles is 1. The number of carbonyl (C=O) groups is 2. The Bertz CT molecular complexity index is 785. The topological polar surface area (TPSA) is 67.2 Å². The van der Waals surface area contributed by atoms with Crippen LogP contribution >= 0.6 is 11.6 Å². The number of ketones is 1. The number of alkyl halides is 1. The van der Waals surface area contributed by atoms with E-state index in [0.717, 1.165) is 38.5 Å². The summed E-state index contributed by atoms with van der Waals surface area (Å²) < 4.78 is 5.38. The fourth-order valence-electron chi connectivity index (χ4n) is 7.40. The van der Waals surface area contributed by atoms with Crippen molar-refractivity contribution in [2.45, 2.75) is 83.1 Å². The molecule has 3 saturated carbocycles. The van der Waals surface area contributed by atoms with Crippen molar-refractivity contribution in [2.24, 2.45) is 28.6 Å². The second kappa shape index (κ2) is 6.59. The van der Waals surface area contributed by atoms with Crippen LogP contribution in [0.4, 0.5) is 0 Å². The van der Waals surface area contributed by atoms with Crippen LogP contribution in [0, 0.1) is 39.9 Å². The summed E-state index contributed by atoms with van der Waals surface area (Å²) in [5, 5.41) is 9.71. The normalized spacial score (nSPS) is 45.8. The highest BCUT2D eigenvalue weighted by Crippen LogP contribution is 2.69. The molecule has 3 fully saturated rings. The number of esters is 1. The number of halogens is 1. The van der Waals surface area contributed by atoms with E-state index < -0.39 is 16.9 Å². The van der Waals surface area contributed by atoms with Crippen molar-refractivity contribution in [3.8, 4) is 6.07 Å². The molecule has 4 rings (SSSR count). The van der Waals surface area contributed by atoms with Gasteiger partial charge in [0, 0.05) is 13.3 Å². The standard InChI is InChI=1S/C23H30ClNO3/c1-14(26)28-20(13-25)23(24)11-8-19-17-5-4-15-12-16(27)6-9-21(15,2)18(17)7-10-22(19,23)3/h12,17-20H,4-11H2,1-3H3/t17-,18+,19+,20-,21+,22+,23+/m1/s1. The van der Waals surface area contributed by atoms with Crippen LogP contribution in [0.5, 0.6) is 0 Å². The highest BCUT2D eigenvalue weighted by atomic mass is 35.5. The van der Waals surface area contributed by atoms with Gasteiger partial charge in [0.15, 0.2) is 5.78 Å². The largest absolute Gasteiger partial charge is 0.445 e. The van der Waals surface area contributed by atoms with Crippen molar-refractivity contribution >= 4 is 23.4 Å². The molecule has 0 unspecified atom stereocenters. The molecule has 0 amide bonds. The van der Waals surface area contributed by atoms with E-state index in [9.17, 15) is 14.9 Å². The molecule has 4 aliphatic rings. The molecule has 5 heteroatoms. The van der Waals surface area contributed by atoms with Crippen molar-refractivity contribution < 1.29 is 14.3 Å². The van der Waals surface area contributed by atoms with Gasteiger partial charge in [0.05, 0.1) is 0 Å². The van der Waals surface area contributed by atoms with Gasteiger partial charge in [-0.05, 0) is 79.6 Å². The van der Waals surface area contributed by atoms with Crippen LogP contribution in [0.15, 0.2) is 11.6 Å². The third-order valence-corrected chi connectivity index (χ3v) is 9.76. The first-order valence-electron chi connectivity index (χ1n) is 10.7. The van der Waals surface area contributed by atoms with Crippen LogP contribution in [0.1, 0.15) is 72.1 Å². The summed E-state index contributed by atoms with van der Waals surface area (Å²) in [6, 6.07) is 2.18. The molecule has 0 spiro atoms. The molecule has 0 aromatic carbocycles. The molecule has 0 aromatic heterocycles. The van der Waals surface area contributed by atoms with Crippen molar-refractivity contribution in [3.63, 3.8) is 0 Å². The van der Waals surface area contributed by atoms with Crippen LogP contribution in [0.25, 0.3) is 0 Å². The average molecular weight is 404 g/mol. The first-order valence-corrected chi connectivity index (χ1v) is 11.0. The maximum absolute atomic E-state index is 12.0.